The van der Waals surface area contributed by atoms with Crippen molar-refractivity contribution in [2.75, 3.05) is 7.11 Å². The van der Waals surface area contributed by atoms with Crippen LogP contribution in [0.15, 0.2) is 35.7 Å². The van der Waals surface area contributed by atoms with Crippen LogP contribution in [0.2, 0.25) is 0 Å². The van der Waals surface area contributed by atoms with Crippen LogP contribution in [0.5, 0.6) is 5.75 Å². The van der Waals surface area contributed by atoms with Gasteiger partial charge in [-0.25, -0.2) is 0 Å². The summed E-state index contributed by atoms with van der Waals surface area (Å²) >= 11 is 1.81. The molecule has 2 unspecified atom stereocenters. The van der Waals surface area contributed by atoms with E-state index in [1.54, 1.807) is 7.11 Å². The Kier molecular flexibility index (Phi) is 5.21. The van der Waals surface area contributed by atoms with Crippen LogP contribution in [0.1, 0.15) is 48.4 Å². The predicted molar refractivity (Wildman–Crippen MR) is 86.6 cm³/mol. The number of hydrogen-bond acceptors (Lipinski definition) is 3. The van der Waals surface area contributed by atoms with E-state index in [-0.39, 0.29) is 6.04 Å². The summed E-state index contributed by atoms with van der Waals surface area (Å²) in [7, 11) is 1.73. The quantitative estimate of drug-likeness (QED) is 0.819. The first kappa shape index (κ1) is 15.1. The molecule has 2 rings (SSSR count). The molecule has 0 spiro atoms. The lowest BCUT2D eigenvalue weighted by Gasteiger charge is -2.23. The molecular formula is C17H23NOS. The molecule has 0 aliphatic rings. The van der Waals surface area contributed by atoms with Crippen molar-refractivity contribution in [3.05, 3.63) is 51.7 Å². The molecule has 2 nitrogen and oxygen atoms in total. The summed E-state index contributed by atoms with van der Waals surface area (Å²) < 4.78 is 5.49. The van der Waals surface area contributed by atoms with Crippen molar-refractivity contribution in [2.45, 2.75) is 39.3 Å². The van der Waals surface area contributed by atoms with Crippen LogP contribution in [0.25, 0.3) is 0 Å². The standard InChI is InChI=1S/C17H23NOS/c1-5-15(17-7-6-10-20-17)18-13(3)14-11-12(2)8-9-16(14)19-4/h6-11,13,15,18H,5H2,1-4H3. The number of thiophene rings is 1. The zero-order chi connectivity index (χ0) is 14.5. The summed E-state index contributed by atoms with van der Waals surface area (Å²) in [4.78, 5) is 1.39. The van der Waals surface area contributed by atoms with Gasteiger partial charge >= 0.3 is 0 Å². The van der Waals surface area contributed by atoms with E-state index in [2.05, 4.69) is 61.8 Å². The number of ether oxygens (including phenoxy) is 1. The largest absolute Gasteiger partial charge is 0.496 e. The van der Waals surface area contributed by atoms with Crippen LogP contribution >= 0.6 is 11.3 Å². The predicted octanol–water partition coefficient (Wildman–Crippen LogP) is 4.87. The van der Waals surface area contributed by atoms with Crippen LogP contribution in [0, 0.1) is 6.92 Å². The lowest BCUT2D eigenvalue weighted by atomic mass is 10.0. The Morgan fingerprint density at radius 2 is 2.10 bits per heavy atom. The first-order valence-corrected chi connectivity index (χ1v) is 7.97. The van der Waals surface area contributed by atoms with Crippen LogP contribution < -0.4 is 10.1 Å². The molecule has 0 aliphatic heterocycles. The summed E-state index contributed by atoms with van der Waals surface area (Å²) in [5, 5.41) is 5.85. The van der Waals surface area contributed by atoms with Gasteiger partial charge in [0, 0.05) is 22.5 Å². The van der Waals surface area contributed by atoms with E-state index in [0.717, 1.165) is 12.2 Å². The van der Waals surface area contributed by atoms with Crippen LogP contribution in [0.4, 0.5) is 0 Å². The fraction of sp³-hybridized carbons (Fsp3) is 0.412. The molecule has 0 amide bonds. The van der Waals surface area contributed by atoms with Crippen molar-refractivity contribution in [1.29, 1.82) is 0 Å². The molecule has 20 heavy (non-hydrogen) atoms. The Morgan fingerprint density at radius 1 is 1.30 bits per heavy atom. The third-order valence-corrected chi connectivity index (χ3v) is 4.58. The molecule has 1 heterocycles. The minimum absolute atomic E-state index is 0.261. The molecule has 0 radical (unpaired) electrons. The van der Waals surface area contributed by atoms with Gasteiger partial charge in [0.15, 0.2) is 0 Å². The average Bonchev–Trinajstić information content (AvgIpc) is 2.98. The van der Waals surface area contributed by atoms with Crippen molar-refractivity contribution in [1.82, 2.24) is 5.32 Å². The normalized spacial score (nSPS) is 14.0. The van der Waals surface area contributed by atoms with Crippen LogP contribution in [0.3, 0.4) is 0 Å². The van der Waals surface area contributed by atoms with Crippen molar-refractivity contribution in [3.63, 3.8) is 0 Å². The van der Waals surface area contributed by atoms with Gasteiger partial charge in [0.2, 0.25) is 0 Å². The van der Waals surface area contributed by atoms with Gasteiger partial charge in [0.05, 0.1) is 7.11 Å². The second-order valence-electron chi connectivity index (χ2n) is 5.11. The average molecular weight is 289 g/mol. The Morgan fingerprint density at radius 3 is 2.70 bits per heavy atom. The fourth-order valence-electron chi connectivity index (χ4n) is 2.47. The first-order valence-electron chi connectivity index (χ1n) is 7.09. The van der Waals surface area contributed by atoms with Gasteiger partial charge in [-0.1, -0.05) is 30.7 Å². The van der Waals surface area contributed by atoms with E-state index < -0.39 is 0 Å². The lowest BCUT2D eigenvalue weighted by Crippen LogP contribution is -2.24. The van der Waals surface area contributed by atoms with Gasteiger partial charge in [-0.15, -0.1) is 11.3 Å². The van der Waals surface area contributed by atoms with Crippen molar-refractivity contribution < 1.29 is 4.74 Å². The highest BCUT2D eigenvalue weighted by molar-refractivity contribution is 7.10. The molecule has 1 aromatic carbocycles. The summed E-state index contributed by atoms with van der Waals surface area (Å²) in [6.45, 7) is 6.54. The molecule has 0 aliphatic carbocycles. The van der Waals surface area contributed by atoms with Crippen LogP contribution in [-0.4, -0.2) is 7.11 Å². The van der Waals surface area contributed by atoms with E-state index in [1.165, 1.54) is 16.0 Å². The summed E-state index contributed by atoms with van der Waals surface area (Å²) in [6, 6.07) is 11.3. The number of rotatable bonds is 6. The highest BCUT2D eigenvalue weighted by Crippen LogP contribution is 2.30. The van der Waals surface area contributed by atoms with Gasteiger partial charge in [-0.3, -0.25) is 0 Å². The number of hydrogen-bond donors (Lipinski definition) is 1. The van der Waals surface area contributed by atoms with Gasteiger partial charge in [0.25, 0.3) is 0 Å². The maximum atomic E-state index is 5.49. The zero-order valence-electron chi connectivity index (χ0n) is 12.6. The van der Waals surface area contributed by atoms with E-state index in [4.69, 9.17) is 4.74 Å². The summed E-state index contributed by atoms with van der Waals surface area (Å²) in [5.41, 5.74) is 2.49. The molecule has 3 heteroatoms. The molecule has 1 N–H and O–H groups in total. The molecule has 2 aromatic rings. The highest BCUT2D eigenvalue weighted by Gasteiger charge is 2.17. The van der Waals surface area contributed by atoms with E-state index >= 15 is 0 Å². The SMILES string of the molecule is CCC(NC(C)c1cc(C)ccc1OC)c1cccs1. The Hall–Kier alpha value is -1.32. The molecule has 2 atom stereocenters. The maximum Gasteiger partial charge on any atom is 0.123 e. The maximum absolute atomic E-state index is 5.49. The molecule has 0 saturated carbocycles. The number of benzene rings is 1. The van der Waals surface area contributed by atoms with E-state index in [9.17, 15) is 0 Å². The minimum Gasteiger partial charge on any atom is -0.496 e. The minimum atomic E-state index is 0.261. The second-order valence-corrected chi connectivity index (χ2v) is 6.09. The monoisotopic (exact) mass is 289 g/mol. The molecule has 108 valence electrons. The smallest absolute Gasteiger partial charge is 0.123 e. The van der Waals surface area contributed by atoms with Gasteiger partial charge in [-0.05, 0) is 37.8 Å². The molecular weight excluding hydrogens is 266 g/mol. The fourth-order valence-corrected chi connectivity index (χ4v) is 3.34. The topological polar surface area (TPSA) is 21.3 Å². The third kappa shape index (κ3) is 3.41. The Labute approximate surface area is 125 Å². The molecule has 0 bridgehead atoms. The molecule has 1 aromatic heterocycles. The lowest BCUT2D eigenvalue weighted by molar-refractivity contribution is 0.392. The van der Waals surface area contributed by atoms with E-state index in [0.29, 0.717) is 6.04 Å². The third-order valence-electron chi connectivity index (χ3n) is 3.60. The van der Waals surface area contributed by atoms with Crippen LogP contribution in [-0.2, 0) is 0 Å². The van der Waals surface area contributed by atoms with Crippen molar-refractivity contribution in [3.8, 4) is 5.75 Å². The Bertz CT molecular complexity index is 536. The second kappa shape index (κ2) is 6.91. The number of methoxy groups -OCH3 is 1. The molecule has 0 saturated heterocycles. The van der Waals surface area contributed by atoms with Gasteiger partial charge < -0.3 is 10.1 Å². The summed E-state index contributed by atoms with van der Waals surface area (Å²) in [5.74, 6) is 0.955. The number of nitrogens with one attached hydrogen (secondary N) is 1. The van der Waals surface area contributed by atoms with Gasteiger partial charge in [0.1, 0.15) is 5.75 Å². The highest BCUT2D eigenvalue weighted by atomic mass is 32.1. The first-order chi connectivity index (χ1) is 9.65. The Balaban J connectivity index is 2.18. The van der Waals surface area contributed by atoms with E-state index in [1.807, 2.05) is 11.3 Å². The van der Waals surface area contributed by atoms with Crippen molar-refractivity contribution in [2.24, 2.45) is 0 Å². The molecule has 0 fully saturated rings. The summed E-state index contributed by atoms with van der Waals surface area (Å²) in [6.07, 6.45) is 1.08. The zero-order valence-corrected chi connectivity index (χ0v) is 13.5. The van der Waals surface area contributed by atoms with Crippen molar-refractivity contribution >= 4 is 11.3 Å². The number of aryl methyl sites for hydroxylation is 1. The van der Waals surface area contributed by atoms with Gasteiger partial charge in [-0.2, -0.15) is 0 Å².